The average molecular weight is 525 g/mol. The normalized spacial score (nSPS) is 18.1. The number of hydrogen-bond acceptors (Lipinski definition) is 5. The summed E-state index contributed by atoms with van der Waals surface area (Å²) in [4.78, 5) is 14.1. The summed E-state index contributed by atoms with van der Waals surface area (Å²) in [5.74, 6) is -2.93. The van der Waals surface area contributed by atoms with Crippen molar-refractivity contribution in [3.63, 3.8) is 0 Å². The molecule has 13 heteroatoms. The molecule has 1 heterocycles. The van der Waals surface area contributed by atoms with Crippen LogP contribution in [0.5, 0.6) is 0 Å². The van der Waals surface area contributed by atoms with Crippen molar-refractivity contribution in [1.82, 2.24) is 9.62 Å². The fourth-order valence-electron chi connectivity index (χ4n) is 3.88. The lowest BCUT2D eigenvalue weighted by molar-refractivity contribution is -0.148. The van der Waals surface area contributed by atoms with E-state index in [1.807, 2.05) is 0 Å². The lowest BCUT2D eigenvalue weighted by Gasteiger charge is -2.33. The van der Waals surface area contributed by atoms with Crippen molar-refractivity contribution < 1.29 is 40.5 Å². The third-order valence-electron chi connectivity index (χ3n) is 5.27. The number of carbonyl (C=O) groups is 1. The summed E-state index contributed by atoms with van der Waals surface area (Å²) in [6, 6.07) is 5.95. The lowest BCUT2D eigenvalue weighted by atomic mass is 9.95. The summed E-state index contributed by atoms with van der Waals surface area (Å²) in [5, 5.41) is 10.1. The molecule has 2 atom stereocenters. The number of likely N-dealkylation sites (tertiary alicyclic amines) is 1. The Morgan fingerprint density at radius 3 is 2.29 bits per heavy atom. The number of carbonyl (C=O) groups excluding carboxylic acids is 1. The van der Waals surface area contributed by atoms with Crippen LogP contribution in [-0.2, 0) is 26.2 Å². The summed E-state index contributed by atoms with van der Waals surface area (Å²) < 4.78 is 92.8. The van der Waals surface area contributed by atoms with Gasteiger partial charge in [-0.15, -0.1) is 10.8 Å². The van der Waals surface area contributed by atoms with E-state index in [0.29, 0.717) is 12.5 Å². The van der Waals surface area contributed by atoms with E-state index in [4.69, 9.17) is 4.78 Å². The zero-order chi connectivity index (χ0) is 26.5. The van der Waals surface area contributed by atoms with Crippen molar-refractivity contribution in [3.05, 3.63) is 59.4 Å². The largest absolute Gasteiger partial charge is 0.430 e. The number of nitrogens with one attached hydrogen (secondary N) is 2. The van der Waals surface area contributed by atoms with Crippen LogP contribution in [0, 0.1) is 22.2 Å². The molecule has 3 rings (SSSR count). The highest BCUT2D eigenvalue weighted by atomic mass is 32.2. The molecule has 0 bridgehead atoms. The number of aliphatic hydroxyl groups is 1. The first-order valence-corrected chi connectivity index (χ1v) is 11.4. The predicted octanol–water partition coefficient (Wildman–Crippen LogP) is 4.46. The lowest BCUT2D eigenvalue weighted by Crippen LogP contribution is -2.51. The second-order valence-corrected chi connectivity index (χ2v) is 9.07. The molecule has 1 aliphatic rings. The Balaban J connectivity index is 0.00000100. The first kappa shape index (κ1) is 28.6. The van der Waals surface area contributed by atoms with Gasteiger partial charge in [0.2, 0.25) is 0 Å². The highest BCUT2D eigenvalue weighted by Gasteiger charge is 2.41. The minimum absolute atomic E-state index is 0.00263. The van der Waals surface area contributed by atoms with Gasteiger partial charge in [-0.05, 0) is 49.9 Å². The molecule has 1 aliphatic heterocycles. The molecular weight excluding hydrogens is 500 g/mol. The summed E-state index contributed by atoms with van der Waals surface area (Å²) in [5.41, 5.74) is -1.44. The van der Waals surface area contributed by atoms with Gasteiger partial charge in [0.25, 0.3) is 5.91 Å². The van der Waals surface area contributed by atoms with Crippen molar-refractivity contribution in [2.24, 2.45) is 0 Å². The van der Waals surface area contributed by atoms with E-state index in [1.54, 1.807) is 6.07 Å². The summed E-state index contributed by atoms with van der Waals surface area (Å²) in [6.07, 6.45) is 0.363. The standard InChI is InChI=1S/C21H23F3N3O3S.CHF3/c1-21(2,29)20(28)27-7-6-17(26-31(25)30)18(27)10-12-4-3-5-16(19(12)24)13-8-14(22)11-15(23)9-13;2-1(3)4/h3-5,8-9,11,17-18,29H,6-7,10H2,1-2H3,(H2,25,26,30);1H/q-1;. The van der Waals surface area contributed by atoms with Crippen LogP contribution >= 0.6 is 0 Å². The second kappa shape index (κ2) is 11.9. The molecule has 0 aromatic heterocycles. The Morgan fingerprint density at radius 2 is 1.77 bits per heavy atom. The highest BCUT2D eigenvalue weighted by Crippen LogP contribution is 2.30. The Morgan fingerprint density at radius 1 is 1.20 bits per heavy atom. The van der Waals surface area contributed by atoms with Gasteiger partial charge in [-0.25, -0.2) is 13.2 Å². The van der Waals surface area contributed by atoms with Crippen LogP contribution in [0.15, 0.2) is 36.4 Å². The van der Waals surface area contributed by atoms with E-state index in [1.165, 1.54) is 30.9 Å². The van der Waals surface area contributed by atoms with Crippen LogP contribution in [0.2, 0.25) is 0 Å². The van der Waals surface area contributed by atoms with Gasteiger partial charge in [-0.1, -0.05) is 18.2 Å². The predicted molar refractivity (Wildman–Crippen MR) is 117 cm³/mol. The van der Waals surface area contributed by atoms with Gasteiger partial charge in [0.1, 0.15) is 23.1 Å². The molecule has 2 aromatic carbocycles. The van der Waals surface area contributed by atoms with Crippen molar-refractivity contribution in [1.29, 1.82) is 4.78 Å². The molecule has 2 aromatic rings. The Kier molecular flexibility index (Phi) is 9.69. The fraction of sp³-hybridized carbons (Fsp3) is 0.409. The van der Waals surface area contributed by atoms with Crippen LogP contribution in [0.4, 0.5) is 26.3 Å². The fourth-order valence-corrected chi connectivity index (χ4v) is 4.43. The van der Waals surface area contributed by atoms with Gasteiger partial charge in [-0.3, -0.25) is 4.79 Å². The summed E-state index contributed by atoms with van der Waals surface area (Å²) in [7, 11) is -2.11. The minimum Gasteiger partial charge on any atom is -0.430 e. The van der Waals surface area contributed by atoms with Crippen LogP contribution in [0.3, 0.4) is 0 Å². The maximum atomic E-state index is 15.3. The Hall–Kier alpha value is -2.64. The second-order valence-electron chi connectivity index (χ2n) is 8.30. The first-order chi connectivity index (χ1) is 16.2. The van der Waals surface area contributed by atoms with Gasteiger partial charge in [0, 0.05) is 30.3 Å². The van der Waals surface area contributed by atoms with Gasteiger partial charge >= 0.3 is 6.68 Å². The minimum atomic E-state index is -3.67. The molecule has 0 radical (unpaired) electrons. The number of amides is 1. The Bertz CT molecular complexity index is 1090. The molecule has 194 valence electrons. The molecule has 1 amide bonds. The number of rotatable bonds is 6. The van der Waals surface area contributed by atoms with Gasteiger partial charge in [0.15, 0.2) is 0 Å². The molecule has 0 spiro atoms. The van der Waals surface area contributed by atoms with E-state index >= 15 is 4.39 Å². The molecule has 35 heavy (non-hydrogen) atoms. The van der Waals surface area contributed by atoms with Gasteiger partial charge in [-0.2, -0.15) is 13.2 Å². The van der Waals surface area contributed by atoms with E-state index < -0.39 is 58.5 Å². The number of benzene rings is 2. The van der Waals surface area contributed by atoms with Crippen molar-refractivity contribution in [3.8, 4) is 11.1 Å². The molecule has 1 saturated heterocycles. The molecule has 6 nitrogen and oxygen atoms in total. The molecule has 0 aliphatic carbocycles. The average Bonchev–Trinajstić information content (AvgIpc) is 3.08. The van der Waals surface area contributed by atoms with Crippen molar-refractivity contribution in [2.75, 3.05) is 6.54 Å². The first-order valence-electron chi connectivity index (χ1n) is 10.3. The summed E-state index contributed by atoms with van der Waals surface area (Å²) in [6.45, 7) is -0.746. The third kappa shape index (κ3) is 7.94. The Labute approximate surface area is 200 Å². The number of hydrogen-bond donors (Lipinski definition) is 3. The van der Waals surface area contributed by atoms with Crippen molar-refractivity contribution in [2.45, 2.75) is 51.1 Å². The quantitative estimate of drug-likeness (QED) is 0.385. The van der Waals surface area contributed by atoms with Crippen LogP contribution in [0.25, 0.3) is 11.1 Å². The topological polar surface area (TPSA) is 93.5 Å². The third-order valence-corrected chi connectivity index (χ3v) is 5.79. The van der Waals surface area contributed by atoms with E-state index in [2.05, 4.69) is 4.72 Å². The zero-order valence-corrected chi connectivity index (χ0v) is 19.5. The number of alkyl halides is 3. The summed E-state index contributed by atoms with van der Waals surface area (Å²) >= 11 is 0. The number of nitrogens with zero attached hydrogens (tertiary/aromatic N) is 1. The van der Waals surface area contributed by atoms with Gasteiger partial charge < -0.3 is 23.7 Å². The van der Waals surface area contributed by atoms with Crippen LogP contribution in [0.1, 0.15) is 25.8 Å². The van der Waals surface area contributed by atoms with E-state index in [9.17, 15) is 36.1 Å². The SMILES string of the molecule is CC(C)(O)C(=O)N1CCC(N[S-](=N)=O)C1Cc1cccc(-c2cc(F)cc(F)c2)c1F.FC(F)F. The molecule has 1 fully saturated rings. The van der Waals surface area contributed by atoms with Gasteiger partial charge in [0.05, 0.1) is 0 Å². The maximum absolute atomic E-state index is 15.3. The molecule has 2 unspecified atom stereocenters. The van der Waals surface area contributed by atoms with Crippen LogP contribution < -0.4 is 4.72 Å². The monoisotopic (exact) mass is 524 g/mol. The maximum Gasteiger partial charge on any atom is 0.379 e. The molecule has 0 saturated carbocycles. The van der Waals surface area contributed by atoms with Crippen molar-refractivity contribution >= 4 is 16.7 Å². The highest BCUT2D eigenvalue weighted by molar-refractivity contribution is 7.71. The molecular formula is C22H24F6N3O3S-. The smallest absolute Gasteiger partial charge is 0.379 e. The zero-order valence-electron chi connectivity index (χ0n) is 18.7. The number of halogens is 6. The van der Waals surface area contributed by atoms with E-state index in [0.717, 1.165) is 12.1 Å². The van der Waals surface area contributed by atoms with E-state index in [-0.39, 0.29) is 29.7 Å². The van der Waals surface area contributed by atoms with Crippen LogP contribution in [-0.4, -0.2) is 46.8 Å². The molecule has 3 N–H and O–H groups in total.